The molecule has 4 aliphatic rings. The molecule has 3 heterocycles. The van der Waals surface area contributed by atoms with Gasteiger partial charge < -0.3 is 23.9 Å². The summed E-state index contributed by atoms with van der Waals surface area (Å²) < 4.78 is 15.9. The normalized spacial score (nSPS) is 17.6. The number of benzene rings is 2. The minimum absolute atomic E-state index is 0.0209. The predicted octanol–water partition coefficient (Wildman–Crippen LogP) is 3.51. The monoisotopic (exact) mass is 410 g/mol. The van der Waals surface area contributed by atoms with Gasteiger partial charge in [-0.2, -0.15) is 0 Å². The molecule has 3 aliphatic heterocycles. The van der Waals surface area contributed by atoms with Gasteiger partial charge in [0.2, 0.25) is 6.79 Å². The van der Waals surface area contributed by atoms with E-state index in [1.165, 1.54) is 14.2 Å². The van der Waals surface area contributed by atoms with Crippen LogP contribution in [-0.4, -0.2) is 32.7 Å². The molecule has 0 aromatic heterocycles. The Labute approximate surface area is 173 Å². The summed E-state index contributed by atoms with van der Waals surface area (Å²) in [7, 11) is 2.70. The van der Waals surface area contributed by atoms with Crippen LogP contribution in [0.3, 0.4) is 0 Å². The number of nitrogens with zero attached hydrogens (tertiary/aromatic N) is 2. The summed E-state index contributed by atoms with van der Waals surface area (Å²) >= 11 is 0. The van der Waals surface area contributed by atoms with Crippen molar-refractivity contribution in [1.82, 2.24) is 0 Å². The summed E-state index contributed by atoms with van der Waals surface area (Å²) in [4.78, 5) is 23.4. The zero-order chi connectivity index (χ0) is 20.8. The van der Waals surface area contributed by atoms with Crippen LogP contribution in [0.2, 0.25) is 0 Å². The Bertz CT molecular complexity index is 1050. The molecule has 2 aromatic carbocycles. The number of methoxy groups -OCH3 is 1. The van der Waals surface area contributed by atoms with Crippen molar-refractivity contribution in [2.24, 2.45) is 11.1 Å². The van der Waals surface area contributed by atoms with E-state index in [4.69, 9.17) is 23.9 Å². The van der Waals surface area contributed by atoms with Crippen LogP contribution in [0.5, 0.6) is 17.2 Å². The SMILES string of the molecule is CON=C(C(=O)OC)c1cc2cc(C)c1ON2C(c1ccc2c(c1)OCO2)C1CC1. The van der Waals surface area contributed by atoms with E-state index in [9.17, 15) is 4.79 Å². The molecule has 2 bridgehead atoms. The molecule has 6 rings (SSSR count). The summed E-state index contributed by atoms with van der Waals surface area (Å²) in [5.41, 5.74) is 3.48. The van der Waals surface area contributed by atoms with E-state index < -0.39 is 5.97 Å². The van der Waals surface area contributed by atoms with Crippen molar-refractivity contribution in [3.63, 3.8) is 0 Å². The zero-order valence-electron chi connectivity index (χ0n) is 17.0. The number of carbonyl (C=O) groups excluding carboxylic acids is 1. The van der Waals surface area contributed by atoms with Crippen LogP contribution < -0.4 is 19.4 Å². The summed E-state index contributed by atoms with van der Waals surface area (Å²) in [5.74, 6) is 1.96. The van der Waals surface area contributed by atoms with E-state index in [2.05, 4.69) is 11.2 Å². The molecular weight excluding hydrogens is 388 g/mol. The van der Waals surface area contributed by atoms with Crippen LogP contribution in [0.15, 0.2) is 35.5 Å². The number of carbonyl (C=O) groups is 1. The average molecular weight is 410 g/mol. The molecule has 156 valence electrons. The van der Waals surface area contributed by atoms with E-state index in [0.717, 1.165) is 41.2 Å². The van der Waals surface area contributed by atoms with Crippen LogP contribution in [0.25, 0.3) is 0 Å². The maximum absolute atomic E-state index is 12.2. The van der Waals surface area contributed by atoms with Gasteiger partial charge in [-0.05, 0) is 61.1 Å². The lowest BCUT2D eigenvalue weighted by Gasteiger charge is -2.38. The molecule has 0 radical (unpaired) electrons. The number of esters is 1. The van der Waals surface area contributed by atoms with E-state index in [1.807, 2.05) is 36.3 Å². The van der Waals surface area contributed by atoms with Gasteiger partial charge in [0.25, 0.3) is 0 Å². The number of hydrogen-bond donors (Lipinski definition) is 0. The Hall–Kier alpha value is -3.42. The molecular formula is C22H22N2O6. The third kappa shape index (κ3) is 2.99. The van der Waals surface area contributed by atoms with Gasteiger partial charge in [0.05, 0.1) is 24.4 Å². The standard InChI is InChI=1S/C22H22N2O6/c1-12-8-15-10-16(19(23-27-3)22(25)26-2)21(12)30-24(15)20(13-4-5-13)14-6-7-17-18(9-14)29-11-28-17/h6-10,13,20H,4-5,11H2,1-3H3. The Kier molecular flexibility index (Phi) is 4.42. The third-order valence-corrected chi connectivity index (χ3v) is 5.58. The van der Waals surface area contributed by atoms with Crippen LogP contribution in [-0.2, 0) is 14.4 Å². The van der Waals surface area contributed by atoms with E-state index >= 15 is 0 Å². The van der Waals surface area contributed by atoms with Gasteiger partial charge in [-0.1, -0.05) is 11.2 Å². The number of ether oxygens (including phenoxy) is 3. The number of hydroxylamine groups is 1. The van der Waals surface area contributed by atoms with Gasteiger partial charge in [0, 0.05) is 0 Å². The van der Waals surface area contributed by atoms with Gasteiger partial charge in [0.1, 0.15) is 7.11 Å². The fraction of sp³-hybridized carbons (Fsp3) is 0.364. The van der Waals surface area contributed by atoms with E-state index in [0.29, 0.717) is 17.2 Å². The molecule has 30 heavy (non-hydrogen) atoms. The number of aryl methyl sites for hydroxylation is 1. The molecule has 0 amide bonds. The molecule has 2 aromatic rings. The second-order valence-corrected chi connectivity index (χ2v) is 7.57. The van der Waals surface area contributed by atoms with E-state index in [-0.39, 0.29) is 18.5 Å². The molecule has 0 spiro atoms. The molecule has 1 saturated carbocycles. The number of oxime groups is 1. The van der Waals surface area contributed by atoms with Gasteiger partial charge in [-0.15, -0.1) is 0 Å². The van der Waals surface area contributed by atoms with Crippen molar-refractivity contribution in [2.75, 3.05) is 26.1 Å². The Morgan fingerprint density at radius 1 is 1.17 bits per heavy atom. The number of rotatable bonds is 6. The summed E-state index contributed by atoms with van der Waals surface area (Å²) in [5, 5.41) is 5.79. The fourth-order valence-electron chi connectivity index (χ4n) is 4.04. The Morgan fingerprint density at radius 3 is 2.67 bits per heavy atom. The lowest BCUT2D eigenvalue weighted by Crippen LogP contribution is -2.38. The average Bonchev–Trinajstić information content (AvgIpc) is 3.47. The first kappa shape index (κ1) is 18.6. The molecule has 0 N–H and O–H groups in total. The summed E-state index contributed by atoms with van der Waals surface area (Å²) in [6.45, 7) is 2.18. The lowest BCUT2D eigenvalue weighted by molar-refractivity contribution is -0.132. The Morgan fingerprint density at radius 2 is 1.97 bits per heavy atom. The highest BCUT2D eigenvalue weighted by Crippen LogP contribution is 2.50. The highest BCUT2D eigenvalue weighted by molar-refractivity contribution is 6.44. The van der Waals surface area contributed by atoms with Crippen LogP contribution in [0, 0.1) is 12.8 Å². The molecule has 8 heteroatoms. The minimum Gasteiger partial charge on any atom is -0.464 e. The topological polar surface area (TPSA) is 78.8 Å². The second-order valence-electron chi connectivity index (χ2n) is 7.57. The molecule has 1 fully saturated rings. The van der Waals surface area contributed by atoms with Gasteiger partial charge >= 0.3 is 5.97 Å². The first-order chi connectivity index (χ1) is 14.6. The van der Waals surface area contributed by atoms with Crippen LogP contribution in [0.4, 0.5) is 5.69 Å². The van der Waals surface area contributed by atoms with Crippen LogP contribution in [0.1, 0.15) is 35.6 Å². The second kappa shape index (κ2) is 7.12. The van der Waals surface area contributed by atoms with Crippen molar-refractivity contribution in [2.45, 2.75) is 25.8 Å². The minimum atomic E-state index is -0.582. The highest BCUT2D eigenvalue weighted by atomic mass is 16.7. The van der Waals surface area contributed by atoms with Gasteiger partial charge in [-0.3, -0.25) is 0 Å². The molecule has 0 saturated heterocycles. The first-order valence-electron chi connectivity index (χ1n) is 9.82. The molecule has 8 nitrogen and oxygen atoms in total. The van der Waals surface area contributed by atoms with Gasteiger partial charge in [-0.25, -0.2) is 9.86 Å². The summed E-state index contributed by atoms with van der Waals surface area (Å²) in [6.07, 6.45) is 2.25. The van der Waals surface area contributed by atoms with Gasteiger partial charge in [0.15, 0.2) is 23.0 Å². The maximum atomic E-state index is 12.2. The first-order valence-corrected chi connectivity index (χ1v) is 9.82. The van der Waals surface area contributed by atoms with Crippen molar-refractivity contribution >= 4 is 17.4 Å². The zero-order valence-corrected chi connectivity index (χ0v) is 17.0. The molecule has 1 atom stereocenters. The lowest BCUT2D eigenvalue weighted by atomic mass is 9.97. The Balaban J connectivity index is 1.54. The summed E-state index contributed by atoms with van der Waals surface area (Å²) in [6, 6.07) is 9.98. The third-order valence-electron chi connectivity index (χ3n) is 5.58. The number of fused-ring (bicyclic) bond motifs is 4. The van der Waals surface area contributed by atoms with Crippen molar-refractivity contribution < 1.29 is 28.7 Å². The molecule has 1 unspecified atom stereocenters. The smallest absolute Gasteiger partial charge is 0.360 e. The van der Waals surface area contributed by atoms with Crippen molar-refractivity contribution in [3.05, 3.63) is 47.0 Å². The quantitative estimate of drug-likeness (QED) is 0.410. The maximum Gasteiger partial charge on any atom is 0.360 e. The van der Waals surface area contributed by atoms with Crippen molar-refractivity contribution in [3.8, 4) is 17.2 Å². The fourth-order valence-corrected chi connectivity index (χ4v) is 4.04. The predicted molar refractivity (Wildman–Crippen MR) is 108 cm³/mol. The van der Waals surface area contributed by atoms with Crippen molar-refractivity contribution in [1.29, 1.82) is 0 Å². The largest absolute Gasteiger partial charge is 0.464 e. The molecule has 1 aliphatic carbocycles. The van der Waals surface area contributed by atoms with E-state index in [1.54, 1.807) is 0 Å². The number of hydrogen-bond acceptors (Lipinski definition) is 8. The van der Waals surface area contributed by atoms with Crippen LogP contribution >= 0.6 is 0 Å². The number of anilines is 1. The highest BCUT2D eigenvalue weighted by Gasteiger charge is 2.42.